The van der Waals surface area contributed by atoms with Crippen LogP contribution in [-0.4, -0.2) is 15.7 Å². The highest BCUT2D eigenvalue weighted by Gasteiger charge is 2.33. The van der Waals surface area contributed by atoms with E-state index in [1.165, 1.54) is 25.7 Å². The Hall–Kier alpha value is 0.130. The van der Waals surface area contributed by atoms with Gasteiger partial charge >= 0.3 is 0 Å². The van der Waals surface area contributed by atoms with E-state index < -0.39 is 0 Å². The van der Waals surface area contributed by atoms with Crippen LogP contribution in [0.4, 0.5) is 0 Å². The maximum Gasteiger partial charge on any atom is 0.0579 e. The third kappa shape index (κ3) is 2.08. The van der Waals surface area contributed by atoms with Crippen LogP contribution in [0.25, 0.3) is 0 Å². The van der Waals surface area contributed by atoms with E-state index in [0.717, 1.165) is 11.8 Å². The molecule has 0 aromatic rings. The van der Waals surface area contributed by atoms with Gasteiger partial charge in [-0.05, 0) is 24.2 Å². The van der Waals surface area contributed by atoms with E-state index in [2.05, 4.69) is 13.8 Å². The summed E-state index contributed by atoms with van der Waals surface area (Å²) in [6.07, 6.45) is 5.23. The van der Waals surface area contributed by atoms with Gasteiger partial charge in [0.1, 0.15) is 0 Å². The highest BCUT2D eigenvalue weighted by atomic mass is 14.4. The van der Waals surface area contributed by atoms with Crippen LogP contribution in [0, 0.1) is 17.8 Å². The zero-order valence-electron chi connectivity index (χ0n) is 8.29. The van der Waals surface area contributed by atoms with Gasteiger partial charge in [0.2, 0.25) is 0 Å². The minimum Gasteiger partial charge on any atom is -0.106 e. The Morgan fingerprint density at radius 1 is 1.33 bits per heavy atom. The van der Waals surface area contributed by atoms with Gasteiger partial charge in [-0.25, -0.2) is 0 Å². The van der Waals surface area contributed by atoms with Crippen molar-refractivity contribution in [1.29, 1.82) is 0 Å². The summed E-state index contributed by atoms with van der Waals surface area (Å²) in [6, 6.07) is 0. The summed E-state index contributed by atoms with van der Waals surface area (Å²) >= 11 is 0. The van der Waals surface area contributed by atoms with Crippen molar-refractivity contribution in [2.45, 2.75) is 45.2 Å². The fourth-order valence-electron chi connectivity index (χ4n) is 2.73. The second kappa shape index (κ2) is 4.39. The quantitative estimate of drug-likeness (QED) is 0.556. The van der Waals surface area contributed by atoms with Crippen molar-refractivity contribution in [3.8, 4) is 0 Å². The Morgan fingerprint density at radius 2 is 2.00 bits per heavy atom. The van der Waals surface area contributed by atoms with Gasteiger partial charge in [0.05, 0.1) is 15.7 Å². The van der Waals surface area contributed by atoms with E-state index in [9.17, 15) is 0 Å². The molecule has 0 saturated heterocycles. The Balaban J connectivity index is 2.51. The lowest BCUT2D eigenvalue weighted by Crippen LogP contribution is -2.19. The first kappa shape index (κ1) is 10.2. The number of hydrogen-bond acceptors (Lipinski definition) is 0. The molecule has 0 N–H and O–H groups in total. The molecule has 0 spiro atoms. The average Bonchev–Trinajstić information content (AvgIpc) is 2.32. The maximum absolute atomic E-state index is 5.79. The van der Waals surface area contributed by atoms with Crippen LogP contribution in [0.3, 0.4) is 0 Å². The Labute approximate surface area is 79.3 Å². The van der Waals surface area contributed by atoms with Crippen LogP contribution in [0.1, 0.15) is 39.5 Å². The van der Waals surface area contributed by atoms with Crippen molar-refractivity contribution >= 4 is 15.7 Å². The third-order valence-electron chi connectivity index (χ3n) is 3.30. The molecule has 0 nitrogen and oxygen atoms in total. The van der Waals surface area contributed by atoms with Gasteiger partial charge < -0.3 is 0 Å². The molecule has 1 saturated carbocycles. The van der Waals surface area contributed by atoms with E-state index >= 15 is 0 Å². The highest BCUT2D eigenvalue weighted by Crippen LogP contribution is 2.43. The molecular formula is C10H18B2. The lowest BCUT2D eigenvalue weighted by atomic mass is 9.58. The zero-order chi connectivity index (χ0) is 9.14. The number of hydrogen-bond donors (Lipinski definition) is 0. The molecule has 0 bridgehead atoms. The van der Waals surface area contributed by atoms with Gasteiger partial charge in [0.25, 0.3) is 0 Å². The van der Waals surface area contributed by atoms with Crippen LogP contribution < -0.4 is 0 Å². The summed E-state index contributed by atoms with van der Waals surface area (Å²) in [4.78, 5) is 0. The van der Waals surface area contributed by atoms with Gasteiger partial charge in [-0.3, -0.25) is 0 Å². The first-order chi connectivity index (χ1) is 5.66. The minimum absolute atomic E-state index is 0.0981. The summed E-state index contributed by atoms with van der Waals surface area (Å²) in [6.45, 7) is 4.52. The fourth-order valence-corrected chi connectivity index (χ4v) is 2.73. The minimum atomic E-state index is -0.0981. The van der Waals surface area contributed by atoms with Crippen molar-refractivity contribution in [2.75, 3.05) is 0 Å². The Bertz CT molecular complexity index is 132. The lowest BCUT2D eigenvalue weighted by molar-refractivity contribution is 0.325. The molecule has 3 unspecified atom stereocenters. The van der Waals surface area contributed by atoms with Gasteiger partial charge in [0.15, 0.2) is 0 Å². The van der Waals surface area contributed by atoms with Crippen molar-refractivity contribution in [3.05, 3.63) is 0 Å². The van der Waals surface area contributed by atoms with Crippen LogP contribution in [-0.2, 0) is 0 Å². The Morgan fingerprint density at radius 3 is 2.50 bits per heavy atom. The summed E-state index contributed by atoms with van der Waals surface area (Å²) in [5, 5.41) is 0. The van der Waals surface area contributed by atoms with Crippen molar-refractivity contribution < 1.29 is 0 Å². The molecule has 1 aliphatic carbocycles. The molecule has 1 aliphatic rings. The molecule has 64 valence electrons. The molecule has 0 aliphatic heterocycles. The smallest absolute Gasteiger partial charge is 0.0579 e. The van der Waals surface area contributed by atoms with Crippen LogP contribution >= 0.6 is 0 Å². The SMILES string of the molecule is [B]C([B])C1C(C)CCC1CCC. The van der Waals surface area contributed by atoms with Crippen molar-refractivity contribution in [1.82, 2.24) is 0 Å². The monoisotopic (exact) mass is 160 g/mol. The van der Waals surface area contributed by atoms with Crippen LogP contribution in [0.15, 0.2) is 0 Å². The van der Waals surface area contributed by atoms with Gasteiger partial charge in [-0.1, -0.05) is 33.1 Å². The standard InChI is InChI=1S/C10H18B2/c1-3-4-8-6-5-7(2)9(8)10(11)12/h7-10H,3-6H2,1-2H3. The highest BCUT2D eigenvalue weighted by molar-refractivity contribution is 6.35. The van der Waals surface area contributed by atoms with Crippen molar-refractivity contribution in [2.24, 2.45) is 17.8 Å². The molecule has 12 heavy (non-hydrogen) atoms. The summed E-state index contributed by atoms with van der Waals surface area (Å²) in [5.41, 5.74) is -0.0981. The first-order valence-electron chi connectivity index (χ1n) is 5.18. The molecule has 1 rings (SSSR count). The van der Waals surface area contributed by atoms with E-state index in [-0.39, 0.29) is 5.72 Å². The second-order valence-electron chi connectivity index (χ2n) is 4.26. The fraction of sp³-hybridized carbons (Fsp3) is 1.00. The summed E-state index contributed by atoms with van der Waals surface area (Å²) in [5.74, 6) is 2.11. The van der Waals surface area contributed by atoms with E-state index in [1.54, 1.807) is 0 Å². The zero-order valence-corrected chi connectivity index (χ0v) is 8.29. The second-order valence-corrected chi connectivity index (χ2v) is 4.26. The topological polar surface area (TPSA) is 0 Å². The summed E-state index contributed by atoms with van der Waals surface area (Å²) in [7, 11) is 11.6. The van der Waals surface area contributed by atoms with Gasteiger partial charge in [-0.15, -0.1) is 5.72 Å². The molecule has 3 atom stereocenters. The molecular weight excluding hydrogens is 142 g/mol. The van der Waals surface area contributed by atoms with E-state index in [1.807, 2.05) is 0 Å². The molecule has 0 aromatic carbocycles. The average molecular weight is 160 g/mol. The first-order valence-corrected chi connectivity index (χ1v) is 5.18. The molecule has 0 amide bonds. The van der Waals surface area contributed by atoms with Crippen molar-refractivity contribution in [3.63, 3.8) is 0 Å². The molecule has 0 heterocycles. The normalized spacial score (nSPS) is 36.1. The predicted octanol–water partition coefficient (Wildman–Crippen LogP) is 2.53. The molecule has 2 heteroatoms. The molecule has 4 radical (unpaired) electrons. The maximum atomic E-state index is 5.79. The van der Waals surface area contributed by atoms with Crippen LogP contribution in [0.2, 0.25) is 5.72 Å². The Kier molecular flexibility index (Phi) is 3.74. The van der Waals surface area contributed by atoms with Crippen LogP contribution in [0.5, 0.6) is 0 Å². The molecule has 1 fully saturated rings. The number of rotatable bonds is 3. The predicted molar refractivity (Wildman–Crippen MR) is 55.5 cm³/mol. The third-order valence-corrected chi connectivity index (χ3v) is 3.30. The van der Waals surface area contributed by atoms with E-state index in [4.69, 9.17) is 15.7 Å². The van der Waals surface area contributed by atoms with Gasteiger partial charge in [0, 0.05) is 0 Å². The van der Waals surface area contributed by atoms with Gasteiger partial charge in [-0.2, -0.15) is 0 Å². The summed E-state index contributed by atoms with van der Waals surface area (Å²) < 4.78 is 0. The van der Waals surface area contributed by atoms with E-state index in [0.29, 0.717) is 5.92 Å². The molecule has 0 aromatic heterocycles. The largest absolute Gasteiger partial charge is 0.106 e. The lowest BCUT2D eigenvalue weighted by Gasteiger charge is -2.27.